The van der Waals surface area contributed by atoms with Crippen molar-refractivity contribution in [2.75, 3.05) is 25.0 Å². The van der Waals surface area contributed by atoms with Crippen molar-refractivity contribution >= 4 is 5.69 Å². The van der Waals surface area contributed by atoms with Crippen LogP contribution in [-0.4, -0.2) is 42.3 Å². The number of morpholine rings is 1. The first-order chi connectivity index (χ1) is 13.7. The largest absolute Gasteiger partial charge is 0.366 e. The van der Waals surface area contributed by atoms with Gasteiger partial charge in [-0.25, -0.2) is 0 Å². The third kappa shape index (κ3) is 3.70. The van der Waals surface area contributed by atoms with E-state index in [0.717, 1.165) is 19.6 Å². The maximum absolute atomic E-state index is 6.85. The third-order valence-electron chi connectivity index (χ3n) is 7.08. The Labute approximate surface area is 169 Å². The van der Waals surface area contributed by atoms with E-state index < -0.39 is 0 Å². The second kappa shape index (κ2) is 7.20. The quantitative estimate of drug-likeness (QED) is 0.757. The first kappa shape index (κ1) is 18.2. The number of para-hydroxylation sites is 1. The fourth-order valence-electron chi connectivity index (χ4n) is 5.33. The van der Waals surface area contributed by atoms with Gasteiger partial charge in [0.05, 0.1) is 11.2 Å². The fourth-order valence-corrected chi connectivity index (χ4v) is 5.33. The van der Waals surface area contributed by atoms with Crippen LogP contribution in [0.5, 0.6) is 0 Å². The SMILES string of the molecule is CN(Cc1ccccc1)[C@H]1CC[C@]2(CC1)CN(c1ccccc1)CC1(CC1)O2. The van der Waals surface area contributed by atoms with Crippen molar-refractivity contribution in [2.24, 2.45) is 0 Å². The van der Waals surface area contributed by atoms with Crippen molar-refractivity contribution in [1.29, 1.82) is 0 Å². The van der Waals surface area contributed by atoms with Gasteiger partial charge >= 0.3 is 0 Å². The number of ether oxygens (including phenoxy) is 1. The molecule has 3 nitrogen and oxygen atoms in total. The summed E-state index contributed by atoms with van der Waals surface area (Å²) in [5.74, 6) is 0. The van der Waals surface area contributed by atoms with Gasteiger partial charge in [-0.15, -0.1) is 0 Å². The molecule has 0 unspecified atom stereocenters. The van der Waals surface area contributed by atoms with Crippen molar-refractivity contribution in [3.05, 3.63) is 66.2 Å². The van der Waals surface area contributed by atoms with Gasteiger partial charge < -0.3 is 9.64 Å². The maximum Gasteiger partial charge on any atom is 0.0867 e. The van der Waals surface area contributed by atoms with E-state index in [-0.39, 0.29) is 11.2 Å². The summed E-state index contributed by atoms with van der Waals surface area (Å²) in [6.45, 7) is 3.16. The zero-order chi connectivity index (χ0) is 19.0. The summed E-state index contributed by atoms with van der Waals surface area (Å²) in [6.07, 6.45) is 7.30. The van der Waals surface area contributed by atoms with Crippen LogP contribution in [0, 0.1) is 0 Å². The molecule has 2 aromatic carbocycles. The highest BCUT2D eigenvalue weighted by Crippen LogP contribution is 2.51. The van der Waals surface area contributed by atoms with E-state index in [2.05, 4.69) is 77.5 Å². The van der Waals surface area contributed by atoms with Gasteiger partial charge in [0.15, 0.2) is 0 Å². The van der Waals surface area contributed by atoms with Crippen molar-refractivity contribution in [3.63, 3.8) is 0 Å². The number of benzene rings is 2. The van der Waals surface area contributed by atoms with Gasteiger partial charge in [0.25, 0.3) is 0 Å². The standard InChI is InChI=1S/C25H32N2O/c1-26(18-21-8-4-2-5-9-21)22-12-14-24(15-13-22)19-27(20-25(28-24)16-17-25)23-10-6-3-7-11-23/h2-11,22H,12-20H2,1H3/t22-,24-. The van der Waals surface area contributed by atoms with Gasteiger partial charge in [-0.2, -0.15) is 0 Å². The van der Waals surface area contributed by atoms with Crippen LogP contribution in [-0.2, 0) is 11.3 Å². The summed E-state index contributed by atoms with van der Waals surface area (Å²) in [5, 5.41) is 0. The van der Waals surface area contributed by atoms with E-state index >= 15 is 0 Å². The smallest absolute Gasteiger partial charge is 0.0867 e. The molecule has 3 aliphatic rings. The van der Waals surface area contributed by atoms with Gasteiger partial charge in [-0.1, -0.05) is 48.5 Å². The summed E-state index contributed by atoms with van der Waals surface area (Å²) >= 11 is 0. The summed E-state index contributed by atoms with van der Waals surface area (Å²) in [6, 6.07) is 22.5. The Morgan fingerprint density at radius 2 is 1.43 bits per heavy atom. The van der Waals surface area contributed by atoms with Gasteiger partial charge in [0.2, 0.25) is 0 Å². The van der Waals surface area contributed by atoms with Crippen LogP contribution in [0.3, 0.4) is 0 Å². The summed E-state index contributed by atoms with van der Waals surface area (Å²) in [7, 11) is 2.29. The minimum atomic E-state index is 0.0503. The molecular weight excluding hydrogens is 344 g/mol. The lowest BCUT2D eigenvalue weighted by molar-refractivity contribution is -0.144. The van der Waals surface area contributed by atoms with Crippen molar-refractivity contribution in [1.82, 2.24) is 4.90 Å². The lowest BCUT2D eigenvalue weighted by atomic mass is 9.79. The van der Waals surface area contributed by atoms with Crippen LogP contribution >= 0.6 is 0 Å². The molecule has 0 bridgehead atoms. The van der Waals surface area contributed by atoms with E-state index in [1.54, 1.807) is 0 Å². The molecule has 28 heavy (non-hydrogen) atoms. The first-order valence-corrected chi connectivity index (χ1v) is 10.9. The Morgan fingerprint density at radius 3 is 2.04 bits per heavy atom. The molecular formula is C25H32N2O. The number of nitrogens with zero attached hydrogens (tertiary/aromatic N) is 2. The second-order valence-electron chi connectivity index (χ2n) is 9.29. The van der Waals surface area contributed by atoms with Crippen molar-refractivity contribution < 1.29 is 4.74 Å². The highest BCUT2D eigenvalue weighted by Gasteiger charge is 2.56. The molecule has 0 N–H and O–H groups in total. The Hall–Kier alpha value is -1.84. The number of anilines is 1. The average molecular weight is 377 g/mol. The number of rotatable bonds is 4. The Balaban J connectivity index is 1.25. The van der Waals surface area contributed by atoms with Gasteiger partial charge in [0.1, 0.15) is 0 Å². The van der Waals surface area contributed by atoms with Gasteiger partial charge in [0, 0.05) is 31.4 Å². The monoisotopic (exact) mass is 376 g/mol. The molecule has 2 aliphatic carbocycles. The van der Waals surface area contributed by atoms with Crippen LogP contribution in [0.2, 0.25) is 0 Å². The molecule has 148 valence electrons. The molecule has 0 aromatic heterocycles. The molecule has 3 heteroatoms. The summed E-state index contributed by atoms with van der Waals surface area (Å²) in [4.78, 5) is 5.15. The normalized spacial score (nSPS) is 28.8. The van der Waals surface area contributed by atoms with Crippen LogP contribution < -0.4 is 4.90 Å². The van der Waals surface area contributed by atoms with E-state index in [0.29, 0.717) is 6.04 Å². The molecule has 2 aromatic rings. The van der Waals surface area contributed by atoms with E-state index in [1.165, 1.54) is 49.8 Å². The molecule has 0 atom stereocenters. The molecule has 1 heterocycles. The minimum absolute atomic E-state index is 0.0503. The third-order valence-corrected chi connectivity index (χ3v) is 7.08. The summed E-state index contributed by atoms with van der Waals surface area (Å²) < 4.78 is 6.85. The molecule has 3 fully saturated rings. The van der Waals surface area contributed by atoms with Crippen LogP contribution in [0.15, 0.2) is 60.7 Å². The Kier molecular flexibility index (Phi) is 4.68. The highest BCUT2D eigenvalue weighted by molar-refractivity contribution is 5.48. The topological polar surface area (TPSA) is 15.7 Å². The fraction of sp³-hybridized carbons (Fsp3) is 0.520. The minimum Gasteiger partial charge on any atom is -0.366 e. The molecule has 1 saturated heterocycles. The Morgan fingerprint density at radius 1 is 0.857 bits per heavy atom. The summed E-state index contributed by atoms with van der Waals surface area (Å²) in [5.41, 5.74) is 2.96. The predicted molar refractivity (Wildman–Crippen MR) is 115 cm³/mol. The molecule has 0 amide bonds. The van der Waals surface area contributed by atoms with Gasteiger partial charge in [-0.05, 0) is 63.3 Å². The predicted octanol–water partition coefficient (Wildman–Crippen LogP) is 4.87. The molecule has 2 saturated carbocycles. The lowest BCUT2D eigenvalue weighted by Crippen LogP contribution is -2.59. The van der Waals surface area contributed by atoms with E-state index in [1.807, 2.05) is 0 Å². The van der Waals surface area contributed by atoms with Crippen LogP contribution in [0.4, 0.5) is 5.69 Å². The number of hydrogen-bond donors (Lipinski definition) is 0. The van der Waals surface area contributed by atoms with Crippen molar-refractivity contribution in [2.45, 2.75) is 62.3 Å². The first-order valence-electron chi connectivity index (χ1n) is 10.9. The van der Waals surface area contributed by atoms with E-state index in [9.17, 15) is 0 Å². The molecule has 5 rings (SSSR count). The molecule has 2 spiro atoms. The highest BCUT2D eigenvalue weighted by atomic mass is 16.5. The average Bonchev–Trinajstić information content (AvgIpc) is 3.47. The van der Waals surface area contributed by atoms with E-state index in [4.69, 9.17) is 4.74 Å². The zero-order valence-corrected chi connectivity index (χ0v) is 17.0. The Bertz CT molecular complexity index is 779. The van der Waals surface area contributed by atoms with Crippen LogP contribution in [0.25, 0.3) is 0 Å². The second-order valence-corrected chi connectivity index (χ2v) is 9.29. The maximum atomic E-state index is 6.85. The zero-order valence-electron chi connectivity index (χ0n) is 17.0. The number of hydrogen-bond acceptors (Lipinski definition) is 3. The van der Waals surface area contributed by atoms with Crippen LogP contribution in [0.1, 0.15) is 44.1 Å². The molecule has 0 radical (unpaired) electrons. The van der Waals surface area contributed by atoms with Crippen molar-refractivity contribution in [3.8, 4) is 0 Å². The van der Waals surface area contributed by atoms with Gasteiger partial charge in [-0.3, -0.25) is 4.90 Å². The molecule has 1 aliphatic heterocycles. The lowest BCUT2D eigenvalue weighted by Gasteiger charge is -2.51.